The molecule has 0 atom stereocenters. The van der Waals surface area contributed by atoms with Crippen LogP contribution in [-0.4, -0.2) is 45.3 Å². The van der Waals surface area contributed by atoms with E-state index in [2.05, 4.69) is 30.5 Å². The Morgan fingerprint density at radius 1 is 1.27 bits per heavy atom. The van der Waals surface area contributed by atoms with Gasteiger partial charge in [0.1, 0.15) is 12.1 Å². The van der Waals surface area contributed by atoms with Crippen molar-refractivity contribution in [3.63, 3.8) is 0 Å². The zero-order valence-electron chi connectivity index (χ0n) is 15.8. The number of nitrogens with zero attached hydrogens (tertiary/aromatic N) is 4. The van der Waals surface area contributed by atoms with E-state index >= 15 is 0 Å². The number of aromatic nitrogens is 3. The fraction of sp³-hybridized carbons (Fsp3) is 0.278. The van der Waals surface area contributed by atoms with Crippen molar-refractivity contribution < 1.29 is 9.59 Å². The first-order chi connectivity index (χ1) is 14.0. The first-order valence-electron chi connectivity index (χ1n) is 8.80. The largest absolute Gasteiger partial charge is 0.347 e. The molecule has 0 radical (unpaired) electrons. The highest BCUT2D eigenvalue weighted by Crippen LogP contribution is 2.25. The molecule has 2 N–H and O–H groups in total. The van der Waals surface area contributed by atoms with Gasteiger partial charge in [0, 0.05) is 42.7 Å². The number of carbonyl (C=O) groups excluding carboxylic acids is 2. The third kappa shape index (κ3) is 5.13. The molecule has 0 aliphatic carbocycles. The molecule has 4 heterocycles. The summed E-state index contributed by atoms with van der Waals surface area (Å²) >= 11 is 8.47. The third-order valence-electron chi connectivity index (χ3n) is 4.37. The maximum atomic E-state index is 12.7. The lowest BCUT2D eigenvalue weighted by atomic mass is 10.2. The lowest BCUT2D eigenvalue weighted by molar-refractivity contribution is 0.0954. The second-order valence-electron chi connectivity index (χ2n) is 6.51. The van der Waals surface area contributed by atoms with E-state index in [4.69, 9.17) is 11.6 Å². The highest BCUT2D eigenvalue weighted by Gasteiger charge is 2.22. The predicted octanol–water partition coefficient (Wildman–Crippen LogP) is 3.24. The van der Waals surface area contributed by atoms with Gasteiger partial charge in [0.25, 0.3) is 11.8 Å². The number of amides is 2. The van der Waals surface area contributed by atoms with Crippen LogP contribution in [0.1, 0.15) is 35.6 Å². The number of hydrogen-bond acceptors (Lipinski definition) is 8. The summed E-state index contributed by atoms with van der Waals surface area (Å²) in [4.78, 5) is 41.4. The number of likely N-dealkylation sites (N-methyl/N-ethyl adjacent to an activating group) is 1. The molecule has 0 saturated heterocycles. The minimum Gasteiger partial charge on any atom is -0.347 e. The average molecular weight is 485 g/mol. The molecular formula is C18H18Cl2N6O2S2. The van der Waals surface area contributed by atoms with E-state index in [9.17, 15) is 9.59 Å². The van der Waals surface area contributed by atoms with Gasteiger partial charge in [-0.3, -0.25) is 9.59 Å². The maximum Gasteiger partial charge on any atom is 0.285 e. The van der Waals surface area contributed by atoms with Crippen LogP contribution in [0, 0.1) is 0 Å². The summed E-state index contributed by atoms with van der Waals surface area (Å²) in [6.07, 6.45) is 3.75. The van der Waals surface area contributed by atoms with Gasteiger partial charge >= 0.3 is 0 Å². The van der Waals surface area contributed by atoms with Gasteiger partial charge in [0.15, 0.2) is 5.01 Å². The minimum absolute atomic E-state index is 0. The van der Waals surface area contributed by atoms with Crippen LogP contribution >= 0.6 is 46.7 Å². The van der Waals surface area contributed by atoms with Gasteiger partial charge in [-0.25, -0.2) is 15.0 Å². The Morgan fingerprint density at radius 2 is 2.10 bits per heavy atom. The van der Waals surface area contributed by atoms with E-state index in [-0.39, 0.29) is 30.8 Å². The molecule has 30 heavy (non-hydrogen) atoms. The second-order valence-corrected chi connectivity index (χ2v) is 9.31. The van der Waals surface area contributed by atoms with E-state index in [1.54, 1.807) is 18.3 Å². The van der Waals surface area contributed by atoms with Crippen LogP contribution < -0.4 is 10.6 Å². The number of thiophene rings is 1. The zero-order chi connectivity index (χ0) is 20.4. The fourth-order valence-electron chi connectivity index (χ4n) is 2.88. The van der Waals surface area contributed by atoms with Crippen molar-refractivity contribution in [1.29, 1.82) is 0 Å². The zero-order valence-corrected chi connectivity index (χ0v) is 19.1. The number of fused-ring (bicyclic) bond motifs is 1. The first kappa shape index (κ1) is 22.6. The standard InChI is InChI=1S/C18H17ClN6O2S2.ClH/c1-25-5-4-11-13(8-25)29-18(23-11)17(27)24-15-10(6-20-9-22-15)7-21-16(26)12-2-3-14(19)28-12;/h2-3,6,9H,4-5,7-8H2,1H3,(H,21,26)(H,20,22,24,27);1H. The lowest BCUT2D eigenvalue weighted by Crippen LogP contribution is -2.25. The van der Waals surface area contributed by atoms with E-state index in [1.165, 1.54) is 29.0 Å². The van der Waals surface area contributed by atoms with Crippen molar-refractivity contribution >= 4 is 64.3 Å². The maximum absolute atomic E-state index is 12.7. The number of nitrogens with one attached hydrogen (secondary N) is 2. The molecule has 0 bridgehead atoms. The van der Waals surface area contributed by atoms with Crippen LogP contribution in [0.15, 0.2) is 24.7 Å². The summed E-state index contributed by atoms with van der Waals surface area (Å²) < 4.78 is 0.545. The van der Waals surface area contributed by atoms with Gasteiger partial charge in [0.2, 0.25) is 0 Å². The van der Waals surface area contributed by atoms with Gasteiger partial charge in [0.05, 0.1) is 14.9 Å². The molecule has 158 valence electrons. The summed E-state index contributed by atoms with van der Waals surface area (Å²) in [6.45, 7) is 1.91. The van der Waals surface area contributed by atoms with Crippen molar-refractivity contribution in [3.8, 4) is 0 Å². The topological polar surface area (TPSA) is 100 Å². The van der Waals surface area contributed by atoms with Crippen molar-refractivity contribution in [2.45, 2.75) is 19.5 Å². The highest BCUT2D eigenvalue weighted by atomic mass is 35.5. The smallest absolute Gasteiger partial charge is 0.285 e. The van der Waals surface area contributed by atoms with Crippen LogP contribution in [-0.2, 0) is 19.5 Å². The van der Waals surface area contributed by atoms with E-state index in [1.807, 2.05) is 7.05 Å². The molecule has 3 aromatic rings. The fourth-order valence-corrected chi connectivity index (χ4v) is 4.92. The van der Waals surface area contributed by atoms with E-state index in [0.717, 1.165) is 30.1 Å². The predicted molar refractivity (Wildman–Crippen MR) is 120 cm³/mol. The number of halogens is 2. The molecule has 12 heteroatoms. The molecule has 1 aliphatic heterocycles. The van der Waals surface area contributed by atoms with Crippen LogP contribution in [0.2, 0.25) is 4.34 Å². The van der Waals surface area contributed by atoms with Gasteiger partial charge in [-0.15, -0.1) is 35.1 Å². The summed E-state index contributed by atoms with van der Waals surface area (Å²) in [7, 11) is 2.05. The van der Waals surface area contributed by atoms with E-state index in [0.29, 0.717) is 25.6 Å². The summed E-state index contributed by atoms with van der Waals surface area (Å²) in [5.74, 6) is -0.220. The molecular weight excluding hydrogens is 467 g/mol. The van der Waals surface area contributed by atoms with Crippen molar-refractivity contribution in [3.05, 3.63) is 55.0 Å². The Morgan fingerprint density at radius 3 is 2.87 bits per heavy atom. The molecule has 0 fully saturated rings. The Hall–Kier alpha value is -2.11. The van der Waals surface area contributed by atoms with Gasteiger partial charge < -0.3 is 15.5 Å². The monoisotopic (exact) mass is 484 g/mol. The van der Waals surface area contributed by atoms with Crippen molar-refractivity contribution in [1.82, 2.24) is 25.2 Å². The van der Waals surface area contributed by atoms with Gasteiger partial charge in [-0.2, -0.15) is 0 Å². The van der Waals surface area contributed by atoms with Crippen LogP contribution in [0.25, 0.3) is 0 Å². The Bertz CT molecular complexity index is 1070. The second kappa shape index (κ2) is 9.80. The molecule has 4 rings (SSSR count). The minimum atomic E-state index is -0.316. The highest BCUT2D eigenvalue weighted by molar-refractivity contribution is 7.18. The van der Waals surface area contributed by atoms with Crippen molar-refractivity contribution in [2.75, 3.05) is 18.9 Å². The third-order valence-corrected chi connectivity index (χ3v) is 6.68. The van der Waals surface area contributed by atoms with Gasteiger partial charge in [-0.05, 0) is 19.2 Å². The van der Waals surface area contributed by atoms with Crippen molar-refractivity contribution in [2.24, 2.45) is 0 Å². The Labute approximate surface area is 192 Å². The molecule has 1 aliphatic rings. The molecule has 0 aromatic carbocycles. The SMILES string of the molecule is CN1CCc2nc(C(=O)Nc3ncncc3CNC(=O)c3ccc(Cl)s3)sc2C1.Cl. The molecule has 3 aromatic heterocycles. The molecule has 0 saturated carbocycles. The normalized spacial score (nSPS) is 13.3. The summed E-state index contributed by atoms with van der Waals surface area (Å²) in [5, 5.41) is 5.99. The number of anilines is 1. The quantitative estimate of drug-likeness (QED) is 0.576. The lowest BCUT2D eigenvalue weighted by Gasteiger charge is -2.20. The van der Waals surface area contributed by atoms with Crippen LogP contribution in [0.3, 0.4) is 0 Å². The summed E-state index contributed by atoms with van der Waals surface area (Å²) in [5.41, 5.74) is 1.58. The first-order valence-corrected chi connectivity index (χ1v) is 10.8. The molecule has 8 nitrogen and oxygen atoms in total. The number of thiazole rings is 1. The van der Waals surface area contributed by atoms with E-state index < -0.39 is 0 Å². The average Bonchev–Trinajstić information content (AvgIpc) is 3.33. The number of rotatable bonds is 5. The Kier molecular flexibility index (Phi) is 7.37. The number of hydrogen-bond donors (Lipinski definition) is 2. The van der Waals surface area contributed by atoms with Crippen LogP contribution in [0.5, 0.6) is 0 Å². The number of carbonyl (C=O) groups is 2. The van der Waals surface area contributed by atoms with Crippen LogP contribution in [0.4, 0.5) is 5.82 Å². The molecule has 0 spiro atoms. The Balaban J connectivity index is 0.00000256. The summed E-state index contributed by atoms with van der Waals surface area (Å²) in [6, 6.07) is 3.33. The molecule has 0 unspecified atom stereocenters. The molecule has 2 amide bonds. The van der Waals surface area contributed by atoms with Gasteiger partial charge in [-0.1, -0.05) is 11.6 Å².